The summed E-state index contributed by atoms with van der Waals surface area (Å²) < 4.78 is 33.0. The summed E-state index contributed by atoms with van der Waals surface area (Å²) in [5.74, 6) is -0.194. The molecule has 0 unspecified atom stereocenters. The topological polar surface area (TPSA) is 80.7 Å². The maximum Gasteiger partial charge on any atom is 0.446 e. The molecule has 78 valence electrons. The number of para-hydroxylation sites is 1. The molecule has 0 fully saturated rings. The molecule has 5 nitrogen and oxygen atoms in total. The quantitative estimate of drug-likeness (QED) is 0.489. The predicted molar refractivity (Wildman–Crippen MR) is 44.0 cm³/mol. The van der Waals surface area contributed by atoms with Crippen molar-refractivity contribution in [2.45, 2.75) is 0 Å². The van der Waals surface area contributed by atoms with E-state index in [0.29, 0.717) is 6.29 Å². The third-order valence-electron chi connectivity index (χ3n) is 1.24. The first-order valence-electron chi connectivity index (χ1n) is 3.24. The summed E-state index contributed by atoms with van der Waals surface area (Å²) in [4.78, 5) is 10.4. The number of hydrogen-bond acceptors (Lipinski definition) is 4. The van der Waals surface area contributed by atoms with Crippen molar-refractivity contribution in [2.75, 3.05) is 0 Å². The van der Waals surface area contributed by atoms with Gasteiger partial charge < -0.3 is 4.18 Å². The number of aldehydes is 1. The van der Waals surface area contributed by atoms with Crippen LogP contribution in [0.5, 0.6) is 5.75 Å². The van der Waals surface area contributed by atoms with Crippen LogP contribution in [0, 0.1) is 0 Å². The molecule has 0 saturated carbocycles. The van der Waals surface area contributed by atoms with Crippen LogP contribution in [-0.4, -0.2) is 19.3 Å². The Bertz CT molecular complexity index is 414. The first-order chi connectivity index (χ1) is 6.03. The Labute approximate surface area is 91.5 Å². The van der Waals surface area contributed by atoms with Crippen LogP contribution in [0.4, 0.5) is 0 Å². The van der Waals surface area contributed by atoms with Gasteiger partial charge in [-0.1, -0.05) is 12.1 Å². The normalized spacial score (nSPS) is 10.1. The Morgan fingerprint density at radius 1 is 1.29 bits per heavy atom. The van der Waals surface area contributed by atoms with Crippen molar-refractivity contribution >= 4 is 16.7 Å². The third-order valence-corrected chi connectivity index (χ3v) is 1.63. The van der Waals surface area contributed by atoms with Gasteiger partial charge in [-0.3, -0.25) is 9.35 Å². The van der Waals surface area contributed by atoms with Crippen LogP contribution in [-0.2, 0) is 27.5 Å². The fourth-order valence-electron chi connectivity index (χ4n) is 0.767. The Morgan fingerprint density at radius 2 is 1.86 bits per heavy atom. The Morgan fingerprint density at radius 3 is 2.36 bits per heavy atom. The van der Waals surface area contributed by atoms with Gasteiger partial charge in [-0.25, -0.2) is 0 Å². The SMILES string of the molecule is O=Cc1ccccc1OS(=O)(=O)O.[Fe]. The van der Waals surface area contributed by atoms with Gasteiger partial charge in [-0.05, 0) is 12.1 Å². The fourth-order valence-corrected chi connectivity index (χ4v) is 1.15. The summed E-state index contributed by atoms with van der Waals surface area (Å²) in [6, 6.07) is 5.65. The number of benzene rings is 1. The molecule has 0 heterocycles. The fraction of sp³-hybridized carbons (Fsp3) is 0. The van der Waals surface area contributed by atoms with Crippen LogP contribution < -0.4 is 4.18 Å². The molecule has 7 heteroatoms. The molecule has 0 spiro atoms. The van der Waals surface area contributed by atoms with E-state index in [0.717, 1.165) is 0 Å². The zero-order valence-electron chi connectivity index (χ0n) is 6.73. The second kappa shape index (κ2) is 5.11. The number of hydrogen-bond donors (Lipinski definition) is 1. The number of carbonyl (C=O) groups excluding carboxylic acids is 1. The average molecular weight is 258 g/mol. The van der Waals surface area contributed by atoms with E-state index in [1.807, 2.05) is 0 Å². The van der Waals surface area contributed by atoms with Crippen LogP contribution in [0.2, 0.25) is 0 Å². The molecule has 0 aromatic heterocycles. The van der Waals surface area contributed by atoms with Gasteiger partial charge in [0, 0.05) is 17.1 Å². The summed E-state index contributed by atoms with van der Waals surface area (Å²) in [6.07, 6.45) is 0.431. The van der Waals surface area contributed by atoms with Crippen molar-refractivity contribution in [2.24, 2.45) is 0 Å². The molecule has 14 heavy (non-hydrogen) atoms. The van der Waals surface area contributed by atoms with E-state index in [1.54, 1.807) is 6.07 Å². The zero-order chi connectivity index (χ0) is 9.90. The van der Waals surface area contributed by atoms with E-state index in [1.165, 1.54) is 18.2 Å². The average Bonchev–Trinajstić information content (AvgIpc) is 2.02. The van der Waals surface area contributed by atoms with Gasteiger partial charge in [0.2, 0.25) is 0 Å². The summed E-state index contributed by atoms with van der Waals surface area (Å²) in [5, 5.41) is 0. The van der Waals surface area contributed by atoms with Crippen molar-refractivity contribution in [1.29, 1.82) is 0 Å². The van der Waals surface area contributed by atoms with E-state index >= 15 is 0 Å². The molecule has 0 aliphatic rings. The molecule has 0 radical (unpaired) electrons. The molecular weight excluding hydrogens is 252 g/mol. The van der Waals surface area contributed by atoms with Crippen molar-refractivity contribution in [3.8, 4) is 5.75 Å². The maximum atomic E-state index is 10.4. The van der Waals surface area contributed by atoms with Gasteiger partial charge in [0.25, 0.3) is 0 Å². The maximum absolute atomic E-state index is 10.4. The minimum Gasteiger partial charge on any atom is -0.361 e. The minimum atomic E-state index is -4.57. The molecule has 0 atom stereocenters. The van der Waals surface area contributed by atoms with E-state index in [4.69, 9.17) is 4.55 Å². The van der Waals surface area contributed by atoms with Crippen molar-refractivity contribution in [3.05, 3.63) is 29.8 Å². The second-order valence-electron chi connectivity index (χ2n) is 2.17. The Hall–Kier alpha value is -0.881. The molecule has 1 aromatic carbocycles. The second-order valence-corrected chi connectivity index (χ2v) is 3.19. The molecule has 1 aromatic rings. The molecular formula is C7H6FeO5S. The van der Waals surface area contributed by atoms with Gasteiger partial charge in [0.05, 0.1) is 5.56 Å². The minimum absolute atomic E-state index is 0. The smallest absolute Gasteiger partial charge is 0.361 e. The van der Waals surface area contributed by atoms with Crippen LogP contribution >= 0.6 is 0 Å². The molecule has 1 rings (SSSR count). The third kappa shape index (κ3) is 3.89. The monoisotopic (exact) mass is 258 g/mol. The van der Waals surface area contributed by atoms with Gasteiger partial charge in [0.15, 0.2) is 12.0 Å². The van der Waals surface area contributed by atoms with Crippen LogP contribution in [0.15, 0.2) is 24.3 Å². The van der Waals surface area contributed by atoms with Crippen LogP contribution in [0.25, 0.3) is 0 Å². The summed E-state index contributed by atoms with van der Waals surface area (Å²) >= 11 is 0. The first-order valence-corrected chi connectivity index (χ1v) is 4.60. The predicted octanol–water partition coefficient (Wildman–Crippen LogP) is 0.678. The number of rotatable bonds is 3. The van der Waals surface area contributed by atoms with Gasteiger partial charge >= 0.3 is 10.4 Å². The molecule has 0 bridgehead atoms. The van der Waals surface area contributed by atoms with Crippen molar-refractivity contribution in [3.63, 3.8) is 0 Å². The Kier molecular flexibility index (Phi) is 4.79. The van der Waals surface area contributed by atoms with E-state index in [9.17, 15) is 13.2 Å². The molecule has 1 N–H and O–H groups in total. The van der Waals surface area contributed by atoms with Crippen LogP contribution in [0.3, 0.4) is 0 Å². The zero-order valence-corrected chi connectivity index (χ0v) is 8.65. The van der Waals surface area contributed by atoms with Gasteiger partial charge in [-0.2, -0.15) is 8.42 Å². The van der Waals surface area contributed by atoms with Crippen molar-refractivity contribution in [1.82, 2.24) is 0 Å². The van der Waals surface area contributed by atoms with Gasteiger partial charge in [-0.15, -0.1) is 0 Å². The number of carbonyl (C=O) groups is 1. The molecule has 0 amide bonds. The largest absolute Gasteiger partial charge is 0.446 e. The summed E-state index contributed by atoms with van der Waals surface area (Å²) in [5.41, 5.74) is 0.0557. The molecule has 0 aliphatic heterocycles. The molecule has 0 saturated heterocycles. The van der Waals surface area contributed by atoms with E-state index in [-0.39, 0.29) is 28.4 Å². The van der Waals surface area contributed by atoms with Crippen LogP contribution in [0.1, 0.15) is 10.4 Å². The summed E-state index contributed by atoms with van der Waals surface area (Å²) in [6.45, 7) is 0. The van der Waals surface area contributed by atoms with Crippen molar-refractivity contribution < 1.29 is 39.0 Å². The standard InChI is InChI=1S/C7H6O5S.Fe/c8-5-6-3-1-2-4-7(6)12-13(9,10)11;/h1-5H,(H,9,10,11);. The first kappa shape index (κ1) is 13.1. The van der Waals surface area contributed by atoms with E-state index < -0.39 is 10.4 Å². The Balaban J connectivity index is 0.00000169. The van der Waals surface area contributed by atoms with Gasteiger partial charge in [0.1, 0.15) is 0 Å². The summed E-state index contributed by atoms with van der Waals surface area (Å²) in [7, 11) is -4.57. The van der Waals surface area contributed by atoms with E-state index in [2.05, 4.69) is 4.18 Å². The molecule has 0 aliphatic carbocycles.